The van der Waals surface area contributed by atoms with Gasteiger partial charge in [-0.05, 0) is 56.8 Å². The Morgan fingerprint density at radius 1 is 1.17 bits per heavy atom. The molecule has 0 spiro atoms. The number of aliphatic hydroxyl groups excluding tert-OH is 1. The van der Waals surface area contributed by atoms with Gasteiger partial charge >= 0.3 is 0 Å². The lowest BCUT2D eigenvalue weighted by molar-refractivity contribution is 0.111. The minimum absolute atomic E-state index is 0. The largest absolute Gasteiger partial charge is 0.390 e. The summed E-state index contributed by atoms with van der Waals surface area (Å²) in [5.74, 6) is 0.970. The third-order valence-electron chi connectivity index (χ3n) is 6.59. The highest BCUT2D eigenvalue weighted by Crippen LogP contribution is 2.21. The van der Waals surface area contributed by atoms with E-state index in [4.69, 9.17) is 4.99 Å². The molecule has 0 aliphatic carbocycles. The summed E-state index contributed by atoms with van der Waals surface area (Å²) in [6.45, 7) is 10.7. The highest BCUT2D eigenvalue weighted by molar-refractivity contribution is 14.0. The zero-order valence-corrected chi connectivity index (χ0v) is 20.6. The molecule has 0 saturated carbocycles. The molecular formula is C23H38IN5O. The highest BCUT2D eigenvalue weighted by Gasteiger charge is 2.30. The smallest absolute Gasteiger partial charge is 0.194 e. The molecule has 3 aliphatic rings. The average molecular weight is 527 g/mol. The summed E-state index contributed by atoms with van der Waals surface area (Å²) in [4.78, 5) is 12.2. The molecule has 30 heavy (non-hydrogen) atoms. The van der Waals surface area contributed by atoms with Crippen molar-refractivity contribution in [1.29, 1.82) is 0 Å². The van der Waals surface area contributed by atoms with E-state index in [1.54, 1.807) is 0 Å². The maximum Gasteiger partial charge on any atom is 0.194 e. The molecular weight excluding hydrogens is 489 g/mol. The van der Waals surface area contributed by atoms with Crippen LogP contribution in [0.4, 0.5) is 0 Å². The van der Waals surface area contributed by atoms with Crippen molar-refractivity contribution in [2.24, 2.45) is 4.99 Å². The summed E-state index contributed by atoms with van der Waals surface area (Å²) in [5, 5.41) is 14.1. The zero-order chi connectivity index (χ0) is 20.1. The fraction of sp³-hybridized carbons (Fsp3) is 0.696. The summed E-state index contributed by atoms with van der Waals surface area (Å²) in [7, 11) is 0. The van der Waals surface area contributed by atoms with E-state index in [-0.39, 0.29) is 24.0 Å². The Morgan fingerprint density at radius 3 is 2.70 bits per heavy atom. The molecule has 0 aromatic heterocycles. The van der Waals surface area contributed by atoms with Crippen molar-refractivity contribution in [3.05, 3.63) is 35.4 Å². The quantitative estimate of drug-likeness (QED) is 0.338. The van der Waals surface area contributed by atoms with E-state index in [2.05, 4.69) is 51.2 Å². The SMILES string of the molecule is CCNC(=NCC(O)CN1CCc2ccccc2C1)N1CCC(N2CCCC2)C1.I. The highest BCUT2D eigenvalue weighted by atomic mass is 127. The van der Waals surface area contributed by atoms with Crippen LogP contribution in [0.1, 0.15) is 37.3 Å². The number of guanidine groups is 1. The van der Waals surface area contributed by atoms with Crippen molar-refractivity contribution in [1.82, 2.24) is 20.0 Å². The van der Waals surface area contributed by atoms with E-state index in [1.807, 2.05) is 0 Å². The first-order chi connectivity index (χ1) is 14.2. The molecule has 2 fully saturated rings. The second-order valence-electron chi connectivity index (χ2n) is 8.73. The van der Waals surface area contributed by atoms with Gasteiger partial charge in [-0.15, -0.1) is 24.0 Å². The molecule has 2 unspecified atom stereocenters. The molecule has 0 amide bonds. The molecule has 3 aliphatic heterocycles. The molecule has 2 atom stereocenters. The van der Waals surface area contributed by atoms with Crippen LogP contribution >= 0.6 is 24.0 Å². The summed E-state index contributed by atoms with van der Waals surface area (Å²) in [5.41, 5.74) is 2.85. The summed E-state index contributed by atoms with van der Waals surface area (Å²) < 4.78 is 0. The zero-order valence-electron chi connectivity index (χ0n) is 18.3. The number of likely N-dealkylation sites (tertiary alicyclic amines) is 2. The van der Waals surface area contributed by atoms with Crippen LogP contribution in [0.2, 0.25) is 0 Å². The van der Waals surface area contributed by atoms with Crippen LogP contribution in [0, 0.1) is 0 Å². The van der Waals surface area contributed by atoms with Crippen molar-refractivity contribution in [3.8, 4) is 0 Å². The van der Waals surface area contributed by atoms with E-state index in [0.29, 0.717) is 19.1 Å². The fourth-order valence-electron chi connectivity index (χ4n) is 5.02. The van der Waals surface area contributed by atoms with Crippen LogP contribution in [-0.4, -0.2) is 90.3 Å². The Labute approximate surface area is 198 Å². The van der Waals surface area contributed by atoms with Gasteiger partial charge in [0.15, 0.2) is 5.96 Å². The van der Waals surface area contributed by atoms with Gasteiger partial charge in [0, 0.05) is 45.3 Å². The Bertz CT molecular complexity index is 694. The Hall–Kier alpha value is -0.900. The number of β-amino-alcohol motifs (C(OH)–C–C–N with tert-alkyl or cyclic N) is 1. The first-order valence-electron chi connectivity index (χ1n) is 11.5. The van der Waals surface area contributed by atoms with Crippen LogP contribution < -0.4 is 5.32 Å². The number of hydrogen-bond acceptors (Lipinski definition) is 4. The maximum absolute atomic E-state index is 10.6. The van der Waals surface area contributed by atoms with Gasteiger partial charge in [0.25, 0.3) is 0 Å². The van der Waals surface area contributed by atoms with Gasteiger partial charge in [-0.2, -0.15) is 0 Å². The van der Waals surface area contributed by atoms with E-state index < -0.39 is 6.10 Å². The summed E-state index contributed by atoms with van der Waals surface area (Å²) in [6, 6.07) is 9.32. The predicted molar refractivity (Wildman–Crippen MR) is 134 cm³/mol. The van der Waals surface area contributed by atoms with Crippen LogP contribution in [0.25, 0.3) is 0 Å². The van der Waals surface area contributed by atoms with E-state index >= 15 is 0 Å². The average Bonchev–Trinajstić information content (AvgIpc) is 3.43. The lowest BCUT2D eigenvalue weighted by atomic mass is 10.00. The molecule has 4 rings (SSSR count). The van der Waals surface area contributed by atoms with Gasteiger partial charge in [0.05, 0.1) is 12.6 Å². The number of benzene rings is 1. The standard InChI is InChI=1S/C23H37N5O.HI/c1-2-24-23(28-14-10-21(17-28)27-11-5-6-12-27)25-15-22(29)18-26-13-9-19-7-3-4-8-20(19)16-26;/h3-4,7-8,21-22,29H,2,5-6,9-18H2,1H3,(H,24,25);1H. The minimum Gasteiger partial charge on any atom is -0.390 e. The number of nitrogens with zero attached hydrogens (tertiary/aromatic N) is 4. The molecule has 2 N–H and O–H groups in total. The van der Waals surface area contributed by atoms with Crippen molar-refractivity contribution in [3.63, 3.8) is 0 Å². The van der Waals surface area contributed by atoms with Crippen LogP contribution in [0.3, 0.4) is 0 Å². The number of hydrogen-bond donors (Lipinski definition) is 2. The minimum atomic E-state index is -0.425. The van der Waals surface area contributed by atoms with Gasteiger partial charge < -0.3 is 15.3 Å². The molecule has 6 nitrogen and oxygen atoms in total. The number of aliphatic imine (C=N–C) groups is 1. The van der Waals surface area contributed by atoms with E-state index in [0.717, 1.165) is 45.1 Å². The molecule has 1 aromatic rings. The van der Waals surface area contributed by atoms with E-state index in [1.165, 1.54) is 43.5 Å². The molecule has 168 valence electrons. The Morgan fingerprint density at radius 2 is 1.93 bits per heavy atom. The third-order valence-corrected chi connectivity index (χ3v) is 6.59. The van der Waals surface area contributed by atoms with Crippen LogP contribution in [0.15, 0.2) is 29.3 Å². The van der Waals surface area contributed by atoms with Crippen molar-refractivity contribution in [2.45, 2.75) is 51.3 Å². The number of halogens is 1. The number of rotatable bonds is 6. The van der Waals surface area contributed by atoms with E-state index in [9.17, 15) is 5.11 Å². The van der Waals surface area contributed by atoms with Gasteiger partial charge in [-0.25, -0.2) is 0 Å². The number of nitrogens with one attached hydrogen (secondary N) is 1. The third kappa shape index (κ3) is 6.08. The van der Waals surface area contributed by atoms with Gasteiger partial charge in [0.2, 0.25) is 0 Å². The second kappa shape index (κ2) is 11.6. The van der Waals surface area contributed by atoms with Crippen molar-refractivity contribution in [2.75, 3.05) is 52.4 Å². The fourth-order valence-corrected chi connectivity index (χ4v) is 5.02. The number of fused-ring (bicyclic) bond motifs is 1. The molecule has 0 radical (unpaired) electrons. The summed E-state index contributed by atoms with van der Waals surface area (Å²) >= 11 is 0. The molecule has 1 aromatic carbocycles. The van der Waals surface area contributed by atoms with Gasteiger partial charge in [-0.3, -0.25) is 14.8 Å². The number of aliphatic hydroxyl groups is 1. The first kappa shape index (κ1) is 23.8. The van der Waals surface area contributed by atoms with Gasteiger partial charge in [0.1, 0.15) is 0 Å². The normalized spacial score (nSPS) is 23.9. The monoisotopic (exact) mass is 527 g/mol. The Balaban J connectivity index is 0.00000256. The summed E-state index contributed by atoms with van der Waals surface area (Å²) in [6.07, 6.45) is 4.56. The molecule has 0 bridgehead atoms. The molecule has 2 saturated heterocycles. The topological polar surface area (TPSA) is 54.3 Å². The molecule has 7 heteroatoms. The molecule has 3 heterocycles. The lowest BCUT2D eigenvalue weighted by Crippen LogP contribution is -2.43. The van der Waals surface area contributed by atoms with Gasteiger partial charge in [-0.1, -0.05) is 24.3 Å². The lowest BCUT2D eigenvalue weighted by Gasteiger charge is -2.30. The second-order valence-corrected chi connectivity index (χ2v) is 8.73. The van der Waals surface area contributed by atoms with Crippen LogP contribution in [-0.2, 0) is 13.0 Å². The first-order valence-corrected chi connectivity index (χ1v) is 11.5. The predicted octanol–water partition coefficient (Wildman–Crippen LogP) is 2.16. The van der Waals surface area contributed by atoms with Crippen molar-refractivity contribution >= 4 is 29.9 Å². The maximum atomic E-state index is 10.6. The Kier molecular flexibility index (Phi) is 9.22. The van der Waals surface area contributed by atoms with Crippen LogP contribution in [0.5, 0.6) is 0 Å². The van der Waals surface area contributed by atoms with Crippen molar-refractivity contribution < 1.29 is 5.11 Å².